The average Bonchev–Trinajstić information content (AvgIpc) is 2.76. The van der Waals surface area contributed by atoms with Crippen LogP contribution in [0.4, 0.5) is 5.69 Å². The first-order chi connectivity index (χ1) is 15.3. The van der Waals surface area contributed by atoms with Gasteiger partial charge in [-0.25, -0.2) is 0 Å². The lowest BCUT2D eigenvalue weighted by atomic mass is 9.84. The van der Waals surface area contributed by atoms with Gasteiger partial charge in [-0.1, -0.05) is 13.8 Å². The molecule has 1 aromatic rings. The molecule has 32 heavy (non-hydrogen) atoms. The molecular formula is C25H39N3O3S. The second kappa shape index (κ2) is 11.4. The summed E-state index contributed by atoms with van der Waals surface area (Å²) in [6, 6.07) is 4.87. The summed E-state index contributed by atoms with van der Waals surface area (Å²) in [5.74, 6) is 0.967. The minimum atomic E-state index is -0.183. The SMILES string of the molecule is CCSc1cc(C(=O)NCC2C(=O)NC(C)CC2C)c(C)c(N(CC)C2CCOCC2)c1. The lowest BCUT2D eigenvalue weighted by molar-refractivity contribution is -0.129. The molecule has 3 atom stereocenters. The number of carbonyl (C=O) groups excluding carboxylic acids is 2. The highest BCUT2D eigenvalue weighted by molar-refractivity contribution is 7.99. The summed E-state index contributed by atoms with van der Waals surface area (Å²) in [5, 5.41) is 6.09. The molecule has 0 spiro atoms. The molecule has 0 bridgehead atoms. The molecule has 0 radical (unpaired) electrons. The van der Waals surface area contributed by atoms with Crippen LogP contribution in [0.2, 0.25) is 0 Å². The summed E-state index contributed by atoms with van der Waals surface area (Å²) >= 11 is 1.76. The van der Waals surface area contributed by atoms with Crippen molar-refractivity contribution in [1.29, 1.82) is 0 Å². The molecule has 2 saturated heterocycles. The molecule has 0 aliphatic carbocycles. The fourth-order valence-corrected chi connectivity index (χ4v) is 5.79. The predicted molar refractivity (Wildman–Crippen MR) is 132 cm³/mol. The smallest absolute Gasteiger partial charge is 0.251 e. The number of rotatable bonds is 8. The summed E-state index contributed by atoms with van der Waals surface area (Å²) in [6.45, 7) is 13.3. The zero-order chi connectivity index (χ0) is 23.3. The van der Waals surface area contributed by atoms with E-state index in [1.54, 1.807) is 11.8 Å². The summed E-state index contributed by atoms with van der Waals surface area (Å²) in [4.78, 5) is 29.3. The zero-order valence-corrected chi connectivity index (χ0v) is 21.0. The van der Waals surface area contributed by atoms with Gasteiger partial charge in [0.05, 0.1) is 5.92 Å². The first-order valence-corrected chi connectivity index (χ1v) is 13.0. The van der Waals surface area contributed by atoms with Crippen molar-refractivity contribution in [2.45, 2.75) is 70.9 Å². The fraction of sp³-hybridized carbons (Fsp3) is 0.680. The van der Waals surface area contributed by atoms with Gasteiger partial charge in [-0.05, 0) is 69.4 Å². The molecule has 3 unspecified atom stereocenters. The van der Waals surface area contributed by atoms with Crippen molar-refractivity contribution in [2.75, 3.05) is 37.0 Å². The largest absolute Gasteiger partial charge is 0.381 e. The van der Waals surface area contributed by atoms with E-state index in [-0.39, 0.29) is 29.7 Å². The molecule has 0 aromatic heterocycles. The van der Waals surface area contributed by atoms with Crippen molar-refractivity contribution in [1.82, 2.24) is 10.6 Å². The van der Waals surface area contributed by atoms with Gasteiger partial charge in [0.15, 0.2) is 0 Å². The highest BCUT2D eigenvalue weighted by atomic mass is 32.2. The van der Waals surface area contributed by atoms with Gasteiger partial charge >= 0.3 is 0 Å². The Balaban J connectivity index is 1.83. The Morgan fingerprint density at radius 3 is 2.59 bits per heavy atom. The van der Waals surface area contributed by atoms with Gasteiger partial charge in [0, 0.05) is 54.5 Å². The topological polar surface area (TPSA) is 70.7 Å². The normalized spacial score (nSPS) is 24.2. The summed E-state index contributed by atoms with van der Waals surface area (Å²) in [6.07, 6.45) is 2.95. The Hall–Kier alpha value is -1.73. The fourth-order valence-electron chi connectivity index (χ4n) is 5.06. The van der Waals surface area contributed by atoms with E-state index in [4.69, 9.17) is 4.74 Å². The Bertz CT molecular complexity index is 810. The molecule has 2 heterocycles. The van der Waals surface area contributed by atoms with E-state index >= 15 is 0 Å². The summed E-state index contributed by atoms with van der Waals surface area (Å²) < 4.78 is 5.57. The predicted octanol–water partition coefficient (Wildman–Crippen LogP) is 4.00. The highest BCUT2D eigenvalue weighted by Crippen LogP contribution is 2.33. The van der Waals surface area contributed by atoms with Crippen molar-refractivity contribution < 1.29 is 14.3 Å². The van der Waals surface area contributed by atoms with Gasteiger partial charge in [0.25, 0.3) is 5.91 Å². The third kappa shape index (κ3) is 5.79. The molecular weight excluding hydrogens is 422 g/mol. The number of benzene rings is 1. The quantitative estimate of drug-likeness (QED) is 0.573. The molecule has 3 rings (SSSR count). The maximum atomic E-state index is 13.3. The van der Waals surface area contributed by atoms with Crippen LogP contribution in [-0.4, -0.2) is 56.0 Å². The third-order valence-electron chi connectivity index (χ3n) is 6.81. The maximum absolute atomic E-state index is 13.3. The number of piperidine rings is 1. The Morgan fingerprint density at radius 1 is 1.25 bits per heavy atom. The van der Waals surface area contributed by atoms with Gasteiger partial charge < -0.3 is 20.3 Å². The Labute approximate surface area is 197 Å². The van der Waals surface area contributed by atoms with Gasteiger partial charge in [-0.15, -0.1) is 11.8 Å². The molecule has 1 aromatic carbocycles. The molecule has 178 valence electrons. The van der Waals surface area contributed by atoms with Crippen LogP contribution < -0.4 is 15.5 Å². The standard InChI is InChI=1S/C25H39N3O3S/c1-6-28(19-8-10-31-11-9-19)23-14-20(32-7-2)13-21(18(23)5)24(29)26-15-22-16(3)12-17(4)27-25(22)30/h13-14,16-17,19,22H,6-12,15H2,1-5H3,(H,26,29)(H,27,30). The van der Waals surface area contributed by atoms with Crippen LogP contribution in [-0.2, 0) is 9.53 Å². The van der Waals surface area contributed by atoms with E-state index in [0.717, 1.165) is 60.9 Å². The van der Waals surface area contributed by atoms with Crippen LogP contribution in [0.15, 0.2) is 17.0 Å². The molecule has 2 aliphatic heterocycles. The van der Waals surface area contributed by atoms with E-state index < -0.39 is 0 Å². The second-order valence-electron chi connectivity index (χ2n) is 9.12. The minimum Gasteiger partial charge on any atom is -0.381 e. The van der Waals surface area contributed by atoms with Crippen molar-refractivity contribution in [3.05, 3.63) is 23.3 Å². The van der Waals surface area contributed by atoms with Crippen LogP contribution in [0.3, 0.4) is 0 Å². The number of ether oxygens (including phenoxy) is 1. The van der Waals surface area contributed by atoms with E-state index in [9.17, 15) is 9.59 Å². The molecule has 2 fully saturated rings. The Morgan fingerprint density at radius 2 is 1.97 bits per heavy atom. The van der Waals surface area contributed by atoms with E-state index in [1.807, 2.05) is 19.9 Å². The van der Waals surface area contributed by atoms with Crippen LogP contribution in [0.25, 0.3) is 0 Å². The number of thioether (sulfide) groups is 1. The minimum absolute atomic E-state index is 0.0425. The van der Waals surface area contributed by atoms with E-state index in [1.165, 1.54) is 0 Å². The van der Waals surface area contributed by atoms with Gasteiger partial charge in [-0.2, -0.15) is 0 Å². The van der Waals surface area contributed by atoms with E-state index in [0.29, 0.717) is 18.2 Å². The van der Waals surface area contributed by atoms with Crippen molar-refractivity contribution in [3.8, 4) is 0 Å². The highest BCUT2D eigenvalue weighted by Gasteiger charge is 2.32. The van der Waals surface area contributed by atoms with Crippen LogP contribution >= 0.6 is 11.8 Å². The number of carbonyl (C=O) groups is 2. The number of amides is 2. The maximum Gasteiger partial charge on any atom is 0.251 e. The van der Waals surface area contributed by atoms with Crippen LogP contribution in [0.1, 0.15) is 62.9 Å². The lowest BCUT2D eigenvalue weighted by Gasteiger charge is -2.37. The monoisotopic (exact) mass is 461 g/mol. The first-order valence-electron chi connectivity index (χ1n) is 12.1. The molecule has 7 heteroatoms. The lowest BCUT2D eigenvalue weighted by Crippen LogP contribution is -2.50. The molecule has 6 nitrogen and oxygen atoms in total. The third-order valence-corrected chi connectivity index (χ3v) is 7.67. The Kier molecular flexibility index (Phi) is 8.88. The molecule has 0 saturated carbocycles. The van der Waals surface area contributed by atoms with Gasteiger partial charge in [0.1, 0.15) is 0 Å². The number of nitrogens with one attached hydrogen (secondary N) is 2. The van der Waals surface area contributed by atoms with Crippen LogP contribution in [0.5, 0.6) is 0 Å². The molecule has 2 amide bonds. The first kappa shape index (κ1) is 24.9. The van der Waals surface area contributed by atoms with Gasteiger partial charge in [0.2, 0.25) is 5.91 Å². The zero-order valence-electron chi connectivity index (χ0n) is 20.2. The number of nitrogens with zero attached hydrogens (tertiary/aromatic N) is 1. The summed E-state index contributed by atoms with van der Waals surface area (Å²) in [5.41, 5.74) is 2.85. The van der Waals surface area contributed by atoms with Crippen molar-refractivity contribution in [2.24, 2.45) is 11.8 Å². The number of hydrogen-bond acceptors (Lipinski definition) is 5. The van der Waals surface area contributed by atoms with Gasteiger partial charge in [-0.3, -0.25) is 9.59 Å². The summed E-state index contributed by atoms with van der Waals surface area (Å²) in [7, 11) is 0. The van der Waals surface area contributed by atoms with Crippen molar-refractivity contribution in [3.63, 3.8) is 0 Å². The van der Waals surface area contributed by atoms with Crippen LogP contribution in [0, 0.1) is 18.8 Å². The number of anilines is 1. The average molecular weight is 462 g/mol. The number of hydrogen-bond donors (Lipinski definition) is 2. The molecule has 2 N–H and O–H groups in total. The van der Waals surface area contributed by atoms with Crippen molar-refractivity contribution >= 4 is 29.3 Å². The second-order valence-corrected chi connectivity index (χ2v) is 10.5. The van der Waals surface area contributed by atoms with E-state index in [2.05, 4.69) is 42.4 Å². The molecule has 2 aliphatic rings.